The molecule has 15 nitrogen and oxygen atoms in total. The first-order valence-electron chi connectivity index (χ1n) is 10.1. The van der Waals surface area contributed by atoms with Crippen LogP contribution in [0.3, 0.4) is 0 Å². The Labute approximate surface area is 194 Å². The summed E-state index contributed by atoms with van der Waals surface area (Å²) in [5, 5.41) is 22.2. The second-order valence-corrected chi connectivity index (χ2v) is 6.77. The second-order valence-electron chi connectivity index (χ2n) is 6.77. The highest BCUT2D eigenvalue weighted by Gasteiger charge is 2.44. The minimum absolute atomic E-state index is 0.0420. The molecule has 4 atom stereocenters. The van der Waals surface area contributed by atoms with Crippen LogP contribution in [0.5, 0.6) is 0 Å². The Kier molecular flexibility index (Phi) is 15.6. The standard InChI is InChI=1S/C19H29N3O12/c1-11(24)32-16(9-23)19(34-13(3)26)18(33-12(2)25)14(8-17(28)29)15(27)10-31-7-6-30-5-4-21-22-20/h14,16,18-19,23H,4-10H2,1-3H3,(H,28,29). The third-order valence-corrected chi connectivity index (χ3v) is 4.01. The lowest BCUT2D eigenvalue weighted by Crippen LogP contribution is -2.52. The smallest absolute Gasteiger partial charge is 0.304 e. The van der Waals surface area contributed by atoms with Gasteiger partial charge in [-0.1, -0.05) is 5.11 Å². The maximum atomic E-state index is 12.8. The quantitative estimate of drug-likeness (QED) is 0.0634. The zero-order valence-corrected chi connectivity index (χ0v) is 19.1. The van der Waals surface area contributed by atoms with Gasteiger partial charge >= 0.3 is 23.9 Å². The van der Waals surface area contributed by atoms with Crippen LogP contribution in [0, 0.1) is 5.92 Å². The van der Waals surface area contributed by atoms with E-state index in [2.05, 4.69) is 10.0 Å². The number of aliphatic hydroxyl groups is 1. The molecule has 0 aliphatic heterocycles. The number of hydrogen-bond donors (Lipinski definition) is 2. The number of Topliss-reactive ketones (excluding diaryl/α,β-unsaturated/α-hetero) is 1. The molecule has 0 spiro atoms. The fourth-order valence-electron chi connectivity index (χ4n) is 2.79. The first kappa shape index (κ1) is 30.7. The largest absolute Gasteiger partial charge is 0.481 e. The van der Waals surface area contributed by atoms with Gasteiger partial charge in [0.15, 0.2) is 24.1 Å². The van der Waals surface area contributed by atoms with Gasteiger partial charge in [-0.15, -0.1) is 0 Å². The van der Waals surface area contributed by atoms with Gasteiger partial charge in [-0.2, -0.15) is 0 Å². The van der Waals surface area contributed by atoms with Gasteiger partial charge in [0.2, 0.25) is 0 Å². The molecule has 4 unspecified atom stereocenters. The summed E-state index contributed by atoms with van der Waals surface area (Å²) in [5.74, 6) is -6.59. The molecule has 0 bridgehead atoms. The van der Waals surface area contributed by atoms with Crippen molar-refractivity contribution in [1.29, 1.82) is 0 Å². The number of azide groups is 1. The average Bonchev–Trinajstić information content (AvgIpc) is 2.74. The van der Waals surface area contributed by atoms with Gasteiger partial charge in [0, 0.05) is 32.2 Å². The molecule has 0 aliphatic rings. The Morgan fingerprint density at radius 3 is 1.94 bits per heavy atom. The summed E-state index contributed by atoms with van der Waals surface area (Å²) < 4.78 is 25.4. The summed E-state index contributed by atoms with van der Waals surface area (Å²) in [7, 11) is 0. The lowest BCUT2D eigenvalue weighted by Gasteiger charge is -2.34. The highest BCUT2D eigenvalue weighted by molar-refractivity contribution is 5.87. The van der Waals surface area contributed by atoms with E-state index >= 15 is 0 Å². The van der Waals surface area contributed by atoms with Crippen molar-refractivity contribution < 1.29 is 57.9 Å². The van der Waals surface area contributed by atoms with Gasteiger partial charge in [0.05, 0.1) is 38.8 Å². The number of ether oxygens (including phenoxy) is 5. The Balaban J connectivity index is 5.65. The SMILES string of the molecule is CC(=O)OC(CO)C(OC(C)=O)C(OC(C)=O)C(CC(=O)O)C(=O)COCCOCCN=[N+]=[N-]. The first-order chi connectivity index (χ1) is 16.0. The van der Waals surface area contributed by atoms with Crippen molar-refractivity contribution in [3.05, 3.63) is 10.4 Å². The molecular weight excluding hydrogens is 462 g/mol. The van der Waals surface area contributed by atoms with Crippen LogP contribution in [0.4, 0.5) is 0 Å². The van der Waals surface area contributed by atoms with E-state index in [1.165, 1.54) is 0 Å². The van der Waals surface area contributed by atoms with Crippen LogP contribution in [0.25, 0.3) is 10.4 Å². The molecule has 0 saturated carbocycles. The summed E-state index contributed by atoms with van der Waals surface area (Å²) in [6.07, 6.45) is -5.81. The molecule has 0 aromatic carbocycles. The van der Waals surface area contributed by atoms with Crippen molar-refractivity contribution in [2.24, 2.45) is 11.0 Å². The second kappa shape index (κ2) is 17.2. The highest BCUT2D eigenvalue weighted by atomic mass is 16.6. The summed E-state index contributed by atoms with van der Waals surface area (Å²) in [6, 6.07) is 0. The van der Waals surface area contributed by atoms with Crippen LogP contribution in [0.15, 0.2) is 5.11 Å². The van der Waals surface area contributed by atoms with Crippen LogP contribution in [-0.2, 0) is 47.7 Å². The van der Waals surface area contributed by atoms with Gasteiger partial charge in [0.1, 0.15) is 6.61 Å². The monoisotopic (exact) mass is 491 g/mol. The molecular formula is C19H29N3O12. The molecule has 2 N–H and O–H groups in total. The van der Waals surface area contributed by atoms with E-state index in [0.717, 1.165) is 20.8 Å². The fourth-order valence-corrected chi connectivity index (χ4v) is 2.79. The maximum Gasteiger partial charge on any atom is 0.304 e. The molecule has 34 heavy (non-hydrogen) atoms. The molecule has 0 aliphatic carbocycles. The van der Waals surface area contributed by atoms with Crippen molar-refractivity contribution in [2.45, 2.75) is 45.5 Å². The van der Waals surface area contributed by atoms with Gasteiger partial charge in [-0.05, 0) is 5.53 Å². The summed E-state index contributed by atoms with van der Waals surface area (Å²) in [4.78, 5) is 61.6. The van der Waals surface area contributed by atoms with Crippen LogP contribution < -0.4 is 0 Å². The van der Waals surface area contributed by atoms with Gasteiger partial charge in [-0.3, -0.25) is 24.0 Å². The third kappa shape index (κ3) is 13.3. The fraction of sp³-hybridized carbons (Fsp3) is 0.737. The topological polar surface area (TPSA) is 221 Å². The predicted octanol–water partition coefficient (Wildman–Crippen LogP) is -0.223. The molecule has 192 valence electrons. The minimum Gasteiger partial charge on any atom is -0.481 e. The Morgan fingerprint density at radius 2 is 1.44 bits per heavy atom. The Hall–Kier alpha value is -3.26. The molecule has 0 rings (SSSR count). The van der Waals surface area contributed by atoms with E-state index in [9.17, 15) is 34.2 Å². The van der Waals surface area contributed by atoms with Crippen molar-refractivity contribution >= 4 is 29.7 Å². The minimum atomic E-state index is -1.72. The van der Waals surface area contributed by atoms with Crippen molar-refractivity contribution in [2.75, 3.05) is 39.6 Å². The molecule has 0 radical (unpaired) electrons. The van der Waals surface area contributed by atoms with Crippen LogP contribution in [0.2, 0.25) is 0 Å². The number of nitrogens with zero attached hydrogens (tertiary/aromatic N) is 3. The highest BCUT2D eigenvalue weighted by Crippen LogP contribution is 2.24. The van der Waals surface area contributed by atoms with E-state index in [-0.39, 0.29) is 26.4 Å². The maximum absolute atomic E-state index is 12.8. The zero-order chi connectivity index (χ0) is 26.1. The number of ketones is 1. The molecule has 0 aromatic heterocycles. The number of esters is 3. The number of carbonyl (C=O) groups excluding carboxylic acids is 4. The van der Waals surface area contributed by atoms with Crippen LogP contribution >= 0.6 is 0 Å². The lowest BCUT2D eigenvalue weighted by atomic mass is 9.88. The molecule has 0 amide bonds. The number of carboxylic acids is 1. The average molecular weight is 491 g/mol. The number of aliphatic hydroxyl groups excluding tert-OH is 1. The summed E-state index contributed by atoms with van der Waals surface area (Å²) in [6.45, 7) is 1.68. The van der Waals surface area contributed by atoms with E-state index in [1.54, 1.807) is 0 Å². The van der Waals surface area contributed by atoms with Crippen molar-refractivity contribution in [1.82, 2.24) is 0 Å². The molecule has 15 heteroatoms. The predicted molar refractivity (Wildman–Crippen MR) is 110 cm³/mol. The number of carboxylic acid groups (broad SMARTS) is 1. The molecule has 0 saturated heterocycles. The van der Waals surface area contributed by atoms with Gasteiger partial charge in [0.25, 0.3) is 0 Å². The number of rotatable bonds is 18. The number of hydrogen-bond acceptors (Lipinski definition) is 12. The molecule has 0 heterocycles. The van der Waals surface area contributed by atoms with Crippen LogP contribution in [-0.4, -0.2) is 97.8 Å². The number of carbonyl (C=O) groups is 5. The normalized spacial score (nSPS) is 14.0. The van der Waals surface area contributed by atoms with E-state index in [1.807, 2.05) is 0 Å². The number of aliphatic carboxylic acids is 1. The van der Waals surface area contributed by atoms with Crippen molar-refractivity contribution in [3.8, 4) is 0 Å². The molecule has 0 fully saturated rings. The van der Waals surface area contributed by atoms with E-state index < -0.39 is 73.5 Å². The van der Waals surface area contributed by atoms with E-state index in [4.69, 9.17) is 29.2 Å². The molecule has 0 aromatic rings. The first-order valence-corrected chi connectivity index (χ1v) is 10.1. The Morgan fingerprint density at radius 1 is 0.882 bits per heavy atom. The van der Waals surface area contributed by atoms with Gasteiger partial charge < -0.3 is 33.9 Å². The third-order valence-electron chi connectivity index (χ3n) is 4.01. The summed E-state index contributed by atoms with van der Waals surface area (Å²) in [5.41, 5.74) is 8.16. The van der Waals surface area contributed by atoms with Gasteiger partial charge in [-0.25, -0.2) is 0 Å². The zero-order valence-electron chi connectivity index (χ0n) is 19.1. The lowest BCUT2D eigenvalue weighted by molar-refractivity contribution is -0.193. The summed E-state index contributed by atoms with van der Waals surface area (Å²) >= 11 is 0. The van der Waals surface area contributed by atoms with Crippen LogP contribution in [0.1, 0.15) is 27.2 Å². The Bertz CT molecular complexity index is 753. The van der Waals surface area contributed by atoms with E-state index in [0.29, 0.717) is 0 Å². The van der Waals surface area contributed by atoms with Crippen molar-refractivity contribution in [3.63, 3.8) is 0 Å².